The summed E-state index contributed by atoms with van der Waals surface area (Å²) in [5.74, 6) is 3.15. The van der Waals surface area contributed by atoms with E-state index in [1.807, 2.05) is 53.8 Å². The average Bonchev–Trinajstić information content (AvgIpc) is 3.87. The Labute approximate surface area is 221 Å². The number of ether oxygens (including phenoxy) is 1. The van der Waals surface area contributed by atoms with E-state index < -0.39 is 0 Å². The summed E-state index contributed by atoms with van der Waals surface area (Å²) in [5.41, 5.74) is 7.30. The molecule has 2 aliphatic carbocycles. The molecule has 0 N–H and O–H groups in total. The summed E-state index contributed by atoms with van der Waals surface area (Å²) in [6.07, 6.45) is 12.6. The van der Waals surface area contributed by atoms with Gasteiger partial charge in [-0.1, -0.05) is 58.4 Å². The van der Waals surface area contributed by atoms with E-state index in [0.29, 0.717) is 5.92 Å². The van der Waals surface area contributed by atoms with Crippen molar-refractivity contribution < 1.29 is 4.74 Å². The molecular weight excluding hydrogens is 442 g/mol. The van der Waals surface area contributed by atoms with Gasteiger partial charge in [0.05, 0.1) is 12.8 Å². The van der Waals surface area contributed by atoms with Crippen molar-refractivity contribution in [2.75, 3.05) is 14.2 Å². The van der Waals surface area contributed by atoms with Crippen LogP contribution in [-0.4, -0.2) is 31.4 Å². The Morgan fingerprint density at radius 1 is 1.03 bits per heavy atom. The third-order valence-corrected chi connectivity index (χ3v) is 6.19. The molecule has 4 nitrogen and oxygen atoms in total. The zero-order valence-electron chi connectivity index (χ0n) is 24.5. The maximum atomic E-state index is 5.01. The number of aryl methyl sites for hydroxylation is 1. The fraction of sp³-hybridized carbons (Fsp3) is 0.531. The first-order chi connectivity index (χ1) is 17.5. The Morgan fingerprint density at radius 2 is 1.64 bits per heavy atom. The number of benzene rings is 1. The Kier molecular flexibility index (Phi) is 14.6. The number of allylic oxidation sites excluding steroid dienone is 3. The summed E-state index contributed by atoms with van der Waals surface area (Å²) in [6, 6.07) is 8.13. The molecule has 4 heteroatoms. The van der Waals surface area contributed by atoms with E-state index in [1.165, 1.54) is 48.1 Å². The van der Waals surface area contributed by atoms with E-state index in [1.54, 1.807) is 7.11 Å². The molecule has 198 valence electrons. The molecule has 0 spiro atoms. The van der Waals surface area contributed by atoms with Crippen molar-refractivity contribution in [3.63, 3.8) is 0 Å². The molecule has 36 heavy (non-hydrogen) atoms. The number of methoxy groups -OCH3 is 1. The fourth-order valence-electron chi connectivity index (χ4n) is 3.66. The van der Waals surface area contributed by atoms with E-state index >= 15 is 0 Å². The first-order valence-electron chi connectivity index (χ1n) is 13.8. The number of dihydropyridines is 1. The molecule has 2 saturated carbocycles. The number of rotatable bonds is 6. The van der Waals surface area contributed by atoms with E-state index in [4.69, 9.17) is 14.7 Å². The summed E-state index contributed by atoms with van der Waals surface area (Å²) in [6.45, 7) is 16.5. The molecule has 0 unspecified atom stereocenters. The van der Waals surface area contributed by atoms with Crippen LogP contribution in [0.3, 0.4) is 0 Å². The maximum Gasteiger partial charge on any atom is 0.154 e. The highest BCUT2D eigenvalue weighted by Gasteiger charge is 2.33. The first-order valence-corrected chi connectivity index (χ1v) is 13.8. The Morgan fingerprint density at radius 3 is 2.08 bits per heavy atom. The normalized spacial score (nSPS) is 19.6. The van der Waals surface area contributed by atoms with Crippen LogP contribution in [0.2, 0.25) is 0 Å². The van der Waals surface area contributed by atoms with E-state index in [2.05, 4.69) is 56.2 Å². The number of aliphatic imine (C=N–C) groups is 3. The van der Waals surface area contributed by atoms with Gasteiger partial charge in [-0.15, -0.1) is 0 Å². The van der Waals surface area contributed by atoms with Crippen molar-refractivity contribution in [3.8, 4) is 5.75 Å². The van der Waals surface area contributed by atoms with Crippen LogP contribution in [0.15, 0.2) is 74.3 Å². The van der Waals surface area contributed by atoms with Crippen molar-refractivity contribution in [1.82, 2.24) is 0 Å². The van der Waals surface area contributed by atoms with Crippen LogP contribution in [0.5, 0.6) is 5.75 Å². The van der Waals surface area contributed by atoms with E-state index in [0.717, 1.165) is 35.2 Å². The lowest BCUT2D eigenvalue weighted by atomic mass is 9.95. The van der Waals surface area contributed by atoms with Crippen molar-refractivity contribution in [3.05, 3.63) is 64.9 Å². The SMILES string of the molecule is C/C=C1/C=C(C(C)=N/C=C(\C)C2CC2)C(C2CC2)=NC1=NC.CC.CC.CCc1ccc(OC)cc1. The van der Waals surface area contributed by atoms with Gasteiger partial charge in [0.25, 0.3) is 0 Å². The molecule has 0 amide bonds. The molecule has 0 aromatic heterocycles. The topological polar surface area (TPSA) is 46.3 Å². The van der Waals surface area contributed by atoms with Crippen molar-refractivity contribution in [2.24, 2.45) is 26.8 Å². The number of hydrogen-bond donors (Lipinski definition) is 0. The Bertz CT molecular complexity index is 960. The number of hydrogen-bond acceptors (Lipinski definition) is 3. The molecule has 1 heterocycles. The van der Waals surface area contributed by atoms with Crippen LogP contribution in [0.4, 0.5) is 0 Å². The smallest absolute Gasteiger partial charge is 0.154 e. The van der Waals surface area contributed by atoms with Gasteiger partial charge >= 0.3 is 0 Å². The summed E-state index contributed by atoms with van der Waals surface area (Å²) in [5, 5.41) is 0. The summed E-state index contributed by atoms with van der Waals surface area (Å²) >= 11 is 0. The van der Waals surface area contributed by atoms with Crippen molar-refractivity contribution in [2.45, 2.75) is 87.5 Å². The van der Waals surface area contributed by atoms with Gasteiger partial charge < -0.3 is 4.74 Å². The van der Waals surface area contributed by atoms with Gasteiger partial charge in [0.2, 0.25) is 0 Å². The fourth-order valence-corrected chi connectivity index (χ4v) is 3.66. The molecule has 4 rings (SSSR count). The Balaban J connectivity index is 0.000000388. The zero-order chi connectivity index (χ0) is 27.1. The van der Waals surface area contributed by atoms with Gasteiger partial charge in [-0.2, -0.15) is 0 Å². The second kappa shape index (κ2) is 16.8. The highest BCUT2D eigenvalue weighted by molar-refractivity contribution is 6.31. The highest BCUT2D eigenvalue weighted by atomic mass is 16.5. The second-order valence-corrected chi connectivity index (χ2v) is 8.68. The van der Waals surface area contributed by atoms with Gasteiger partial charge in [-0.05, 0) is 82.6 Å². The van der Waals surface area contributed by atoms with Crippen LogP contribution in [0.25, 0.3) is 0 Å². The number of amidine groups is 1. The molecular formula is C32H49N3O. The maximum absolute atomic E-state index is 5.01. The van der Waals surface area contributed by atoms with Crippen LogP contribution in [0.1, 0.15) is 86.6 Å². The van der Waals surface area contributed by atoms with Gasteiger partial charge in [0.1, 0.15) is 5.75 Å². The van der Waals surface area contributed by atoms with Crippen LogP contribution in [-0.2, 0) is 6.42 Å². The van der Waals surface area contributed by atoms with Gasteiger partial charge in [-0.25, -0.2) is 4.99 Å². The zero-order valence-corrected chi connectivity index (χ0v) is 24.5. The first kappa shape index (κ1) is 31.3. The average molecular weight is 492 g/mol. The van der Waals surface area contributed by atoms with E-state index in [-0.39, 0.29) is 0 Å². The minimum Gasteiger partial charge on any atom is -0.497 e. The van der Waals surface area contributed by atoms with Crippen LogP contribution >= 0.6 is 0 Å². The van der Waals surface area contributed by atoms with Gasteiger partial charge in [-0.3, -0.25) is 9.98 Å². The largest absolute Gasteiger partial charge is 0.497 e. The van der Waals surface area contributed by atoms with Crippen LogP contribution in [0, 0.1) is 11.8 Å². The van der Waals surface area contributed by atoms with Gasteiger partial charge in [0.15, 0.2) is 5.84 Å². The summed E-state index contributed by atoms with van der Waals surface area (Å²) in [4.78, 5) is 13.9. The molecule has 1 aliphatic heterocycles. The Hall–Kier alpha value is -2.75. The molecule has 3 aliphatic rings. The molecule has 1 aromatic carbocycles. The van der Waals surface area contributed by atoms with Gasteiger partial charge in [0, 0.05) is 36.0 Å². The standard InChI is InChI=1S/C19H25N3.C9H12O.2C2H6/c1-5-14-10-17(13(3)21-11-12(2)15-6-7-15)18(16-8-9-16)22-19(14)20-4;1-3-8-4-6-9(10-2)7-5-8;2*1-2/h5,10-11,15-16H,6-9H2,1-4H3;4-7H,3H2,1-2H3;2*1-2H3/b12-11+,14-5-,20-19?,21-13?;;;. The van der Waals surface area contributed by atoms with E-state index in [9.17, 15) is 0 Å². The quantitative estimate of drug-likeness (QED) is 0.367. The molecule has 0 atom stereocenters. The van der Waals surface area contributed by atoms with Crippen molar-refractivity contribution in [1.29, 1.82) is 0 Å². The summed E-state index contributed by atoms with van der Waals surface area (Å²) < 4.78 is 5.01. The lowest BCUT2D eigenvalue weighted by Gasteiger charge is -2.17. The molecule has 0 bridgehead atoms. The molecule has 1 aromatic rings. The summed E-state index contributed by atoms with van der Waals surface area (Å²) in [7, 11) is 3.50. The lowest BCUT2D eigenvalue weighted by Crippen LogP contribution is -2.20. The molecule has 0 radical (unpaired) electrons. The highest BCUT2D eigenvalue weighted by Crippen LogP contribution is 2.37. The van der Waals surface area contributed by atoms with Crippen LogP contribution < -0.4 is 4.74 Å². The number of nitrogens with zero attached hydrogens (tertiary/aromatic N) is 3. The molecule has 2 fully saturated rings. The second-order valence-electron chi connectivity index (χ2n) is 8.68. The van der Waals surface area contributed by atoms with Crippen molar-refractivity contribution >= 4 is 17.3 Å². The minimum absolute atomic E-state index is 0.597. The monoisotopic (exact) mass is 491 g/mol. The predicted octanol–water partition coefficient (Wildman–Crippen LogP) is 8.84. The lowest BCUT2D eigenvalue weighted by molar-refractivity contribution is 0.414. The predicted molar refractivity (Wildman–Crippen MR) is 160 cm³/mol. The molecule has 0 saturated heterocycles. The minimum atomic E-state index is 0.597. The third kappa shape index (κ3) is 9.72. The third-order valence-electron chi connectivity index (χ3n) is 6.19.